The van der Waals surface area contributed by atoms with Crippen molar-refractivity contribution in [3.05, 3.63) is 47.0 Å². The second-order valence-electron chi connectivity index (χ2n) is 7.20. The van der Waals surface area contributed by atoms with Crippen LogP contribution in [0.5, 0.6) is 23.0 Å². The summed E-state index contributed by atoms with van der Waals surface area (Å²) in [5, 5.41) is 3.57. The molecule has 2 aromatic rings. The molecular formula is C21H23NO4. The van der Waals surface area contributed by atoms with E-state index in [1.54, 1.807) is 0 Å². The van der Waals surface area contributed by atoms with Crippen molar-refractivity contribution in [2.75, 3.05) is 20.1 Å². The molecule has 0 spiro atoms. The summed E-state index contributed by atoms with van der Waals surface area (Å²) in [4.78, 5) is 0. The smallest absolute Gasteiger partial charge is 0.231 e. The van der Waals surface area contributed by atoms with E-state index in [1.807, 2.05) is 12.1 Å². The van der Waals surface area contributed by atoms with Crippen LogP contribution in [0.3, 0.4) is 0 Å². The Morgan fingerprint density at radius 3 is 2.62 bits per heavy atom. The summed E-state index contributed by atoms with van der Waals surface area (Å²) in [6, 6.07) is 10.4. The van der Waals surface area contributed by atoms with Crippen LogP contribution >= 0.6 is 0 Å². The minimum atomic E-state index is 0.324. The lowest BCUT2D eigenvalue weighted by molar-refractivity contribution is 0.173. The maximum Gasteiger partial charge on any atom is 0.231 e. The Kier molecular flexibility index (Phi) is 4.09. The summed E-state index contributed by atoms with van der Waals surface area (Å²) in [5.41, 5.74) is 3.91. The molecule has 0 aromatic heterocycles. The van der Waals surface area contributed by atoms with Gasteiger partial charge in [0.2, 0.25) is 13.6 Å². The van der Waals surface area contributed by atoms with Gasteiger partial charge in [0.1, 0.15) is 0 Å². The molecule has 2 aromatic carbocycles. The van der Waals surface area contributed by atoms with Crippen molar-refractivity contribution < 1.29 is 18.9 Å². The first-order valence-corrected chi connectivity index (χ1v) is 9.36. The molecule has 0 saturated heterocycles. The van der Waals surface area contributed by atoms with Crippen LogP contribution < -0.4 is 24.3 Å². The Labute approximate surface area is 153 Å². The third kappa shape index (κ3) is 3.19. The lowest BCUT2D eigenvalue weighted by Gasteiger charge is -2.13. The van der Waals surface area contributed by atoms with Crippen molar-refractivity contribution in [1.29, 1.82) is 0 Å². The number of fused-ring (bicyclic) bond motifs is 2. The molecule has 0 atom stereocenters. The SMILES string of the molecule is c1cc2c(cc1CCNCc1ccc3c(c1CC1CC1)OCO3)OCO2. The largest absolute Gasteiger partial charge is 0.454 e. The summed E-state index contributed by atoms with van der Waals surface area (Å²) >= 11 is 0. The molecule has 0 radical (unpaired) electrons. The number of benzene rings is 2. The summed E-state index contributed by atoms with van der Waals surface area (Å²) < 4.78 is 22.1. The summed E-state index contributed by atoms with van der Waals surface area (Å²) in [5.74, 6) is 4.37. The Balaban J connectivity index is 1.21. The van der Waals surface area contributed by atoms with Crippen molar-refractivity contribution in [2.45, 2.75) is 32.2 Å². The van der Waals surface area contributed by atoms with Gasteiger partial charge in [0.05, 0.1) is 0 Å². The van der Waals surface area contributed by atoms with Gasteiger partial charge in [0.15, 0.2) is 23.0 Å². The van der Waals surface area contributed by atoms with Gasteiger partial charge in [0.25, 0.3) is 0 Å². The highest BCUT2D eigenvalue weighted by Crippen LogP contribution is 2.42. The van der Waals surface area contributed by atoms with Gasteiger partial charge in [-0.2, -0.15) is 0 Å². The highest BCUT2D eigenvalue weighted by Gasteiger charge is 2.28. The van der Waals surface area contributed by atoms with Crippen molar-refractivity contribution in [1.82, 2.24) is 5.32 Å². The summed E-state index contributed by atoms with van der Waals surface area (Å²) in [6.45, 7) is 2.43. The molecule has 136 valence electrons. The molecule has 3 aliphatic rings. The van der Waals surface area contributed by atoms with Crippen molar-refractivity contribution in [3.8, 4) is 23.0 Å². The quantitative estimate of drug-likeness (QED) is 0.773. The van der Waals surface area contributed by atoms with E-state index < -0.39 is 0 Å². The molecule has 0 bridgehead atoms. The molecule has 5 rings (SSSR count). The standard InChI is InChI=1S/C21H23NO4/c1-2-14(1)9-17-16(4-6-19-21(17)26-13-24-19)11-22-8-7-15-3-5-18-20(10-15)25-12-23-18/h3-6,10,14,22H,1-2,7-9,11-13H2. The Hall–Kier alpha value is -2.40. The van der Waals surface area contributed by atoms with E-state index in [1.165, 1.54) is 29.5 Å². The van der Waals surface area contributed by atoms with E-state index in [2.05, 4.69) is 23.5 Å². The molecule has 0 unspecified atom stereocenters. The molecule has 1 fully saturated rings. The van der Waals surface area contributed by atoms with E-state index >= 15 is 0 Å². The van der Waals surface area contributed by atoms with Crippen LogP contribution in [0.1, 0.15) is 29.5 Å². The fourth-order valence-corrected chi connectivity index (χ4v) is 3.62. The fraction of sp³-hybridized carbons (Fsp3) is 0.429. The Bertz CT molecular complexity index is 816. The van der Waals surface area contributed by atoms with Crippen LogP contribution in [-0.4, -0.2) is 20.1 Å². The average Bonchev–Trinajstić information content (AvgIpc) is 3.16. The fourth-order valence-electron chi connectivity index (χ4n) is 3.62. The van der Waals surface area contributed by atoms with Gasteiger partial charge in [-0.15, -0.1) is 0 Å². The van der Waals surface area contributed by atoms with Gasteiger partial charge in [-0.25, -0.2) is 0 Å². The number of hydrogen-bond acceptors (Lipinski definition) is 5. The van der Waals surface area contributed by atoms with E-state index in [-0.39, 0.29) is 0 Å². The van der Waals surface area contributed by atoms with Crippen molar-refractivity contribution in [3.63, 3.8) is 0 Å². The second-order valence-corrected chi connectivity index (χ2v) is 7.20. The van der Waals surface area contributed by atoms with E-state index in [9.17, 15) is 0 Å². The minimum Gasteiger partial charge on any atom is -0.454 e. The Morgan fingerprint density at radius 1 is 0.885 bits per heavy atom. The van der Waals surface area contributed by atoms with E-state index in [0.29, 0.717) is 13.6 Å². The zero-order valence-electron chi connectivity index (χ0n) is 14.8. The highest BCUT2D eigenvalue weighted by molar-refractivity contribution is 5.52. The molecule has 1 aliphatic carbocycles. The highest BCUT2D eigenvalue weighted by atomic mass is 16.7. The Morgan fingerprint density at radius 2 is 1.69 bits per heavy atom. The number of nitrogens with one attached hydrogen (secondary N) is 1. The molecule has 5 heteroatoms. The molecule has 1 saturated carbocycles. The zero-order valence-corrected chi connectivity index (χ0v) is 14.8. The normalized spacial score (nSPS) is 16.9. The first kappa shape index (κ1) is 15.8. The molecule has 5 nitrogen and oxygen atoms in total. The maximum absolute atomic E-state index is 5.74. The molecule has 0 amide bonds. The lowest BCUT2D eigenvalue weighted by atomic mass is 10.00. The van der Waals surface area contributed by atoms with Crippen LogP contribution in [0.15, 0.2) is 30.3 Å². The lowest BCUT2D eigenvalue weighted by Crippen LogP contribution is -2.18. The number of rotatable bonds is 7. The predicted molar refractivity (Wildman–Crippen MR) is 97.0 cm³/mol. The van der Waals surface area contributed by atoms with Crippen LogP contribution in [0.2, 0.25) is 0 Å². The third-order valence-electron chi connectivity index (χ3n) is 5.27. The van der Waals surface area contributed by atoms with Crippen LogP contribution in [0, 0.1) is 5.92 Å². The second kappa shape index (κ2) is 6.72. The summed E-state index contributed by atoms with van der Waals surface area (Å²) in [6.07, 6.45) is 4.73. The average molecular weight is 353 g/mol. The third-order valence-corrected chi connectivity index (χ3v) is 5.27. The van der Waals surface area contributed by atoms with Gasteiger partial charge in [-0.3, -0.25) is 0 Å². The van der Waals surface area contributed by atoms with Crippen LogP contribution in [0.25, 0.3) is 0 Å². The molecule has 2 heterocycles. The molecule has 2 aliphatic heterocycles. The van der Waals surface area contributed by atoms with Crippen molar-refractivity contribution in [2.24, 2.45) is 5.92 Å². The van der Waals surface area contributed by atoms with E-state index in [4.69, 9.17) is 18.9 Å². The molecular weight excluding hydrogens is 330 g/mol. The minimum absolute atomic E-state index is 0.324. The zero-order chi connectivity index (χ0) is 17.3. The summed E-state index contributed by atoms with van der Waals surface area (Å²) in [7, 11) is 0. The van der Waals surface area contributed by atoms with Gasteiger partial charge in [-0.1, -0.05) is 12.1 Å². The molecule has 26 heavy (non-hydrogen) atoms. The first-order chi connectivity index (χ1) is 12.9. The number of ether oxygens (including phenoxy) is 4. The van der Waals surface area contributed by atoms with Crippen LogP contribution in [-0.2, 0) is 19.4 Å². The van der Waals surface area contributed by atoms with Gasteiger partial charge < -0.3 is 24.3 Å². The van der Waals surface area contributed by atoms with Gasteiger partial charge in [-0.05, 0) is 67.5 Å². The maximum atomic E-state index is 5.74. The topological polar surface area (TPSA) is 49.0 Å². The van der Waals surface area contributed by atoms with E-state index in [0.717, 1.165) is 54.8 Å². The molecule has 1 N–H and O–H groups in total. The monoisotopic (exact) mass is 353 g/mol. The first-order valence-electron chi connectivity index (χ1n) is 9.36. The van der Waals surface area contributed by atoms with Crippen molar-refractivity contribution >= 4 is 0 Å². The predicted octanol–water partition coefficient (Wildman–Crippen LogP) is 3.43. The van der Waals surface area contributed by atoms with Crippen LogP contribution in [0.4, 0.5) is 0 Å². The van der Waals surface area contributed by atoms with Gasteiger partial charge >= 0.3 is 0 Å². The number of hydrogen-bond donors (Lipinski definition) is 1. The van der Waals surface area contributed by atoms with Gasteiger partial charge in [0, 0.05) is 12.1 Å².